The van der Waals surface area contributed by atoms with Crippen molar-refractivity contribution < 1.29 is 9.59 Å². The van der Waals surface area contributed by atoms with Gasteiger partial charge in [-0.3, -0.25) is 19.6 Å². The lowest BCUT2D eigenvalue weighted by Crippen LogP contribution is -2.27. The van der Waals surface area contributed by atoms with Crippen LogP contribution in [0.5, 0.6) is 0 Å². The zero-order valence-electron chi connectivity index (χ0n) is 29.9. The van der Waals surface area contributed by atoms with Crippen LogP contribution in [0.2, 0.25) is 0 Å². The van der Waals surface area contributed by atoms with E-state index >= 15 is 0 Å². The van der Waals surface area contributed by atoms with Gasteiger partial charge in [-0.05, 0) is 73.5 Å². The van der Waals surface area contributed by atoms with Crippen molar-refractivity contribution in [3.8, 4) is 22.8 Å². The van der Waals surface area contributed by atoms with Crippen molar-refractivity contribution in [1.82, 2.24) is 30.6 Å². The molecule has 0 aliphatic rings. The summed E-state index contributed by atoms with van der Waals surface area (Å²) in [5, 5.41) is 7.85. The lowest BCUT2D eigenvalue weighted by Gasteiger charge is -2.16. The smallest absolute Gasteiger partial charge is 0.252 e. The lowest BCUT2D eigenvalue weighted by atomic mass is 10.0. The summed E-state index contributed by atoms with van der Waals surface area (Å²) in [4.78, 5) is 44.2. The Hall–Kier alpha value is -7.06. The molecule has 2 amide bonds. The van der Waals surface area contributed by atoms with Gasteiger partial charge in [0.25, 0.3) is 11.8 Å². The maximum atomic E-state index is 13.1. The summed E-state index contributed by atoms with van der Waals surface area (Å²) in [5.74, 6) is -0.246. The molecule has 4 heterocycles. The van der Waals surface area contributed by atoms with Crippen LogP contribution < -0.4 is 10.6 Å². The Morgan fingerprint density at radius 2 is 0.815 bits per heavy atom. The quantitative estimate of drug-likeness (QED) is 0.163. The van der Waals surface area contributed by atoms with Gasteiger partial charge in [0.05, 0.1) is 57.0 Å². The van der Waals surface area contributed by atoms with Gasteiger partial charge >= 0.3 is 0 Å². The highest BCUT2D eigenvalue weighted by Gasteiger charge is 2.18. The van der Waals surface area contributed by atoms with Crippen LogP contribution in [0.15, 0.2) is 170 Å². The molecule has 4 aromatic carbocycles. The van der Waals surface area contributed by atoms with E-state index in [-0.39, 0.29) is 23.9 Å². The van der Waals surface area contributed by atoms with Crippen molar-refractivity contribution >= 4 is 33.6 Å². The van der Waals surface area contributed by atoms with E-state index in [1.165, 1.54) is 0 Å². The van der Waals surface area contributed by atoms with Crippen LogP contribution in [0, 0.1) is 0 Å². The summed E-state index contributed by atoms with van der Waals surface area (Å²) in [7, 11) is 0. The summed E-state index contributed by atoms with van der Waals surface area (Å²) in [5.41, 5.74) is 7.74. The van der Waals surface area contributed by atoms with Gasteiger partial charge in [-0.1, -0.05) is 109 Å². The fraction of sp³-hybridized carbons (Fsp3) is 0.0870. The zero-order valence-corrected chi connectivity index (χ0v) is 29.9. The molecule has 54 heavy (non-hydrogen) atoms. The molecule has 4 aromatic heterocycles. The molecule has 0 aliphatic carbocycles. The molecule has 2 atom stereocenters. The highest BCUT2D eigenvalue weighted by molar-refractivity contribution is 6.08. The minimum Gasteiger partial charge on any atom is -0.345 e. The van der Waals surface area contributed by atoms with Crippen LogP contribution in [0.3, 0.4) is 0 Å². The fourth-order valence-corrected chi connectivity index (χ4v) is 6.22. The number of aromatic nitrogens is 4. The van der Waals surface area contributed by atoms with Gasteiger partial charge in [-0.2, -0.15) is 0 Å². The molecule has 0 bridgehead atoms. The van der Waals surface area contributed by atoms with Crippen molar-refractivity contribution in [2.24, 2.45) is 0 Å². The lowest BCUT2D eigenvalue weighted by molar-refractivity contribution is 0.0933. The molecule has 8 nitrogen and oxygen atoms in total. The first kappa shape index (κ1) is 35.3. The Balaban J connectivity index is 0.000000167. The molecule has 0 spiro atoms. The van der Waals surface area contributed by atoms with Crippen molar-refractivity contribution in [3.05, 3.63) is 192 Å². The molecule has 0 saturated carbocycles. The molecular weight excluding hydrogens is 669 g/mol. The molecule has 8 aromatic rings. The van der Waals surface area contributed by atoms with Crippen LogP contribution in [0.25, 0.3) is 44.6 Å². The zero-order chi connectivity index (χ0) is 37.3. The number of carbonyl (C=O) groups excluding carboxylic acids is 2. The molecule has 0 radical (unpaired) electrons. The second-order valence-corrected chi connectivity index (χ2v) is 12.8. The van der Waals surface area contributed by atoms with E-state index in [1.54, 1.807) is 12.4 Å². The average molecular weight is 707 g/mol. The van der Waals surface area contributed by atoms with E-state index in [1.807, 2.05) is 172 Å². The Morgan fingerprint density at radius 1 is 0.444 bits per heavy atom. The van der Waals surface area contributed by atoms with Crippen LogP contribution >= 0.6 is 0 Å². The summed E-state index contributed by atoms with van der Waals surface area (Å²) in [6.07, 6.45) is 3.45. The van der Waals surface area contributed by atoms with Gasteiger partial charge in [0.2, 0.25) is 0 Å². The number of pyridine rings is 4. The van der Waals surface area contributed by atoms with E-state index in [2.05, 4.69) is 30.6 Å². The number of fused-ring (bicyclic) bond motifs is 2. The number of para-hydroxylation sites is 2. The predicted octanol–water partition coefficient (Wildman–Crippen LogP) is 9.58. The molecule has 0 aliphatic heterocycles. The average Bonchev–Trinajstić information content (AvgIpc) is 3.24. The first-order valence-electron chi connectivity index (χ1n) is 17.8. The number of amides is 2. The number of benzene rings is 4. The van der Waals surface area contributed by atoms with Crippen LogP contribution in [-0.2, 0) is 0 Å². The number of carbonyl (C=O) groups is 2. The Bertz CT molecular complexity index is 2340. The number of rotatable bonds is 8. The molecule has 8 rings (SSSR count). The van der Waals surface area contributed by atoms with Crippen LogP contribution in [-0.4, -0.2) is 31.8 Å². The largest absolute Gasteiger partial charge is 0.345 e. The Morgan fingerprint density at radius 3 is 1.20 bits per heavy atom. The van der Waals surface area contributed by atoms with Gasteiger partial charge in [-0.15, -0.1) is 0 Å². The second kappa shape index (κ2) is 16.5. The minimum absolute atomic E-state index is 0.0936. The maximum absolute atomic E-state index is 13.1. The molecule has 8 heteroatoms. The number of hydrogen-bond acceptors (Lipinski definition) is 6. The third-order valence-corrected chi connectivity index (χ3v) is 9.07. The summed E-state index contributed by atoms with van der Waals surface area (Å²) < 4.78 is 0. The van der Waals surface area contributed by atoms with E-state index in [9.17, 15) is 9.59 Å². The monoisotopic (exact) mass is 706 g/mol. The first-order chi connectivity index (χ1) is 26.4. The number of hydrogen-bond donors (Lipinski definition) is 2. The first-order valence-corrected chi connectivity index (χ1v) is 17.8. The van der Waals surface area contributed by atoms with Crippen LogP contribution in [0.1, 0.15) is 57.8 Å². The van der Waals surface area contributed by atoms with E-state index in [4.69, 9.17) is 0 Å². The standard InChI is InChI=1S/2C23H19N3O/c2*1-16(17-9-3-2-4-10-17)25-23(27)19-15-22(21-13-7-8-14-24-21)26-20-12-6-5-11-18(19)20/h2*2-16H,1H3,(H,25,27)/t2*16-/m10/s1. The number of nitrogens with zero attached hydrogens (tertiary/aromatic N) is 4. The van der Waals surface area contributed by atoms with Crippen molar-refractivity contribution in [2.75, 3.05) is 0 Å². The summed E-state index contributed by atoms with van der Waals surface area (Å²) >= 11 is 0. The molecular formula is C46H38N6O2. The Kier molecular flexibility index (Phi) is 10.8. The van der Waals surface area contributed by atoms with Gasteiger partial charge in [0.15, 0.2) is 0 Å². The Labute approximate surface area is 314 Å². The van der Waals surface area contributed by atoms with Gasteiger partial charge in [-0.25, -0.2) is 9.97 Å². The van der Waals surface area contributed by atoms with E-state index < -0.39 is 0 Å². The second-order valence-electron chi connectivity index (χ2n) is 12.8. The van der Waals surface area contributed by atoms with E-state index in [0.717, 1.165) is 44.3 Å². The molecule has 264 valence electrons. The summed E-state index contributed by atoms with van der Waals surface area (Å²) in [6, 6.07) is 50.0. The number of nitrogens with one attached hydrogen (secondary N) is 2. The summed E-state index contributed by atoms with van der Waals surface area (Å²) in [6.45, 7) is 3.96. The molecule has 2 N–H and O–H groups in total. The predicted molar refractivity (Wildman–Crippen MR) is 215 cm³/mol. The van der Waals surface area contributed by atoms with Crippen LogP contribution in [0.4, 0.5) is 0 Å². The van der Waals surface area contributed by atoms with Gasteiger partial charge < -0.3 is 10.6 Å². The van der Waals surface area contributed by atoms with Gasteiger partial charge in [0.1, 0.15) is 0 Å². The maximum Gasteiger partial charge on any atom is 0.252 e. The highest BCUT2D eigenvalue weighted by Crippen LogP contribution is 2.26. The normalized spacial score (nSPS) is 11.9. The molecule has 0 unspecified atom stereocenters. The minimum atomic E-state index is -0.123. The molecule has 0 fully saturated rings. The van der Waals surface area contributed by atoms with Crippen molar-refractivity contribution in [3.63, 3.8) is 0 Å². The topological polar surface area (TPSA) is 110 Å². The van der Waals surface area contributed by atoms with Crippen molar-refractivity contribution in [2.45, 2.75) is 25.9 Å². The van der Waals surface area contributed by atoms with E-state index in [0.29, 0.717) is 22.5 Å². The van der Waals surface area contributed by atoms with Crippen molar-refractivity contribution in [1.29, 1.82) is 0 Å². The van der Waals surface area contributed by atoms with Gasteiger partial charge in [0, 0.05) is 23.2 Å². The highest BCUT2D eigenvalue weighted by atomic mass is 16.2. The third-order valence-electron chi connectivity index (χ3n) is 9.07. The third kappa shape index (κ3) is 8.19. The molecule has 0 saturated heterocycles. The SMILES string of the molecule is C[C@@H](NC(=O)c1cc(-c2ccccn2)nc2ccccc12)c1ccccc1.C[C@H](NC(=O)c1cc(-c2ccccn2)nc2ccccc12)c1ccccc1. The fourth-order valence-electron chi connectivity index (χ4n) is 6.22.